The van der Waals surface area contributed by atoms with Gasteiger partial charge in [0.15, 0.2) is 4.34 Å². The largest absolute Gasteiger partial charge is 0.478 e. The number of aliphatic carboxylic acids is 1. The van der Waals surface area contributed by atoms with E-state index in [0.29, 0.717) is 5.75 Å². The summed E-state index contributed by atoms with van der Waals surface area (Å²) in [6.07, 6.45) is 2.71. The summed E-state index contributed by atoms with van der Waals surface area (Å²) in [5.41, 5.74) is 0. The van der Waals surface area contributed by atoms with Crippen molar-refractivity contribution >= 4 is 34.2 Å². The van der Waals surface area contributed by atoms with Crippen LogP contribution in [0, 0.1) is 0 Å². The van der Waals surface area contributed by atoms with Crippen molar-refractivity contribution in [1.29, 1.82) is 0 Å². The van der Waals surface area contributed by atoms with Crippen LogP contribution in [0.1, 0.15) is 0 Å². The Hall–Kier alpha value is -1.08. The number of aromatic nitrogens is 2. The van der Waals surface area contributed by atoms with E-state index in [0.717, 1.165) is 15.5 Å². The zero-order valence-corrected chi connectivity index (χ0v) is 10.0. The highest BCUT2D eigenvalue weighted by molar-refractivity contribution is 8.01. The Morgan fingerprint density at radius 3 is 2.87 bits per heavy atom. The summed E-state index contributed by atoms with van der Waals surface area (Å²) in [4.78, 5) is 12.1. The number of hydrogen-bond donors (Lipinski definition) is 1. The first-order valence-corrected chi connectivity index (χ1v) is 5.93. The van der Waals surface area contributed by atoms with E-state index in [1.165, 1.54) is 23.1 Å². The first-order valence-electron chi connectivity index (χ1n) is 4.12. The van der Waals surface area contributed by atoms with Crippen LogP contribution in [-0.4, -0.2) is 41.1 Å². The molecule has 82 valence electrons. The molecule has 1 aromatic heterocycles. The van der Waals surface area contributed by atoms with Gasteiger partial charge < -0.3 is 10.0 Å². The number of hydrogen-bond acceptors (Lipinski definition) is 6. The average molecular weight is 245 g/mol. The summed E-state index contributed by atoms with van der Waals surface area (Å²) >= 11 is 2.95. The van der Waals surface area contributed by atoms with Gasteiger partial charge in [-0.05, 0) is 0 Å². The molecule has 0 aliphatic rings. The minimum Gasteiger partial charge on any atom is -0.478 e. The Kier molecular flexibility index (Phi) is 4.57. The zero-order chi connectivity index (χ0) is 11.3. The lowest BCUT2D eigenvalue weighted by molar-refractivity contribution is -0.131. The SMILES string of the molecule is CN(C)c1nnc(SC/C=C/C(=O)O)s1. The molecule has 1 rings (SSSR count). The second-order valence-corrected chi connectivity index (χ2v) is 5.02. The molecule has 0 radical (unpaired) electrons. The topological polar surface area (TPSA) is 66.3 Å². The molecule has 0 aromatic carbocycles. The van der Waals surface area contributed by atoms with Gasteiger partial charge in [-0.3, -0.25) is 0 Å². The van der Waals surface area contributed by atoms with Crippen LogP contribution in [0.15, 0.2) is 16.5 Å². The molecule has 0 spiro atoms. The number of thioether (sulfide) groups is 1. The van der Waals surface area contributed by atoms with Crippen LogP contribution < -0.4 is 4.90 Å². The fraction of sp³-hybridized carbons (Fsp3) is 0.375. The third-order valence-electron chi connectivity index (χ3n) is 1.34. The van der Waals surface area contributed by atoms with Crippen molar-refractivity contribution in [2.75, 3.05) is 24.7 Å². The predicted molar refractivity (Wildman–Crippen MR) is 61.7 cm³/mol. The van der Waals surface area contributed by atoms with Crippen molar-refractivity contribution in [1.82, 2.24) is 10.2 Å². The van der Waals surface area contributed by atoms with Gasteiger partial charge in [-0.15, -0.1) is 10.2 Å². The fourth-order valence-corrected chi connectivity index (χ4v) is 2.31. The highest BCUT2D eigenvalue weighted by atomic mass is 32.2. The van der Waals surface area contributed by atoms with Crippen molar-refractivity contribution in [3.8, 4) is 0 Å². The minimum absolute atomic E-state index is 0.592. The van der Waals surface area contributed by atoms with E-state index in [9.17, 15) is 4.79 Å². The van der Waals surface area contributed by atoms with Gasteiger partial charge in [-0.25, -0.2) is 4.79 Å². The van der Waals surface area contributed by atoms with Crippen molar-refractivity contribution in [2.24, 2.45) is 0 Å². The van der Waals surface area contributed by atoms with E-state index in [1.54, 1.807) is 6.08 Å². The summed E-state index contributed by atoms with van der Waals surface area (Å²) in [5, 5.41) is 17.1. The smallest absolute Gasteiger partial charge is 0.328 e. The molecule has 1 heterocycles. The summed E-state index contributed by atoms with van der Waals surface area (Å²) in [7, 11) is 3.80. The van der Waals surface area contributed by atoms with Gasteiger partial charge in [0.25, 0.3) is 0 Å². The van der Waals surface area contributed by atoms with Crippen LogP contribution in [0.3, 0.4) is 0 Å². The quantitative estimate of drug-likeness (QED) is 0.623. The maximum atomic E-state index is 10.2. The molecule has 1 aromatic rings. The molecular weight excluding hydrogens is 234 g/mol. The molecule has 0 saturated carbocycles. The monoisotopic (exact) mass is 245 g/mol. The van der Waals surface area contributed by atoms with Crippen molar-refractivity contribution < 1.29 is 9.90 Å². The van der Waals surface area contributed by atoms with Crippen LogP contribution in [0.4, 0.5) is 5.13 Å². The molecule has 0 unspecified atom stereocenters. The Labute approximate surface area is 95.8 Å². The molecular formula is C8H11N3O2S2. The average Bonchev–Trinajstić information content (AvgIpc) is 2.60. The molecule has 0 fully saturated rings. The standard InChI is InChI=1S/C8H11N3O2S2/c1-11(2)7-9-10-8(15-7)14-5-3-4-6(12)13/h3-4H,5H2,1-2H3,(H,12,13)/b4-3+. The predicted octanol–water partition coefficient (Wildman–Crippen LogP) is 1.34. The Morgan fingerprint density at radius 2 is 2.33 bits per heavy atom. The maximum absolute atomic E-state index is 10.2. The van der Waals surface area contributed by atoms with Crippen LogP contribution in [-0.2, 0) is 4.79 Å². The summed E-state index contributed by atoms with van der Waals surface area (Å²) < 4.78 is 0.841. The van der Waals surface area contributed by atoms with E-state index in [1.807, 2.05) is 19.0 Å². The summed E-state index contributed by atoms with van der Waals surface area (Å²) in [5.74, 6) is -0.337. The van der Waals surface area contributed by atoms with E-state index in [4.69, 9.17) is 5.11 Å². The van der Waals surface area contributed by atoms with E-state index in [-0.39, 0.29) is 0 Å². The van der Waals surface area contributed by atoms with Crippen LogP contribution in [0.5, 0.6) is 0 Å². The van der Waals surface area contributed by atoms with Gasteiger partial charge >= 0.3 is 5.97 Å². The second kappa shape index (κ2) is 5.72. The van der Waals surface area contributed by atoms with Crippen molar-refractivity contribution in [3.05, 3.63) is 12.2 Å². The number of anilines is 1. The number of rotatable bonds is 5. The lowest BCUT2D eigenvalue weighted by Crippen LogP contribution is -2.07. The molecule has 0 atom stereocenters. The zero-order valence-electron chi connectivity index (χ0n) is 8.38. The van der Waals surface area contributed by atoms with E-state index < -0.39 is 5.97 Å². The van der Waals surface area contributed by atoms with E-state index in [2.05, 4.69) is 10.2 Å². The van der Waals surface area contributed by atoms with Crippen molar-refractivity contribution in [3.63, 3.8) is 0 Å². The van der Waals surface area contributed by atoms with Gasteiger partial charge in [-0.1, -0.05) is 29.2 Å². The van der Waals surface area contributed by atoms with Gasteiger partial charge in [0, 0.05) is 25.9 Å². The minimum atomic E-state index is -0.929. The molecule has 7 heteroatoms. The van der Waals surface area contributed by atoms with Crippen LogP contribution in [0.25, 0.3) is 0 Å². The first-order chi connectivity index (χ1) is 7.09. The fourth-order valence-electron chi connectivity index (χ4n) is 0.710. The Morgan fingerprint density at radius 1 is 1.60 bits per heavy atom. The lowest BCUT2D eigenvalue weighted by Gasteiger charge is -2.03. The summed E-state index contributed by atoms with van der Waals surface area (Å²) in [6.45, 7) is 0. The highest BCUT2D eigenvalue weighted by Crippen LogP contribution is 2.26. The van der Waals surface area contributed by atoms with Gasteiger partial charge in [0.05, 0.1) is 0 Å². The number of nitrogens with zero attached hydrogens (tertiary/aromatic N) is 3. The number of carboxylic acid groups (broad SMARTS) is 1. The third-order valence-corrected chi connectivity index (χ3v) is 3.52. The molecule has 1 N–H and O–H groups in total. The number of carboxylic acids is 1. The Balaban J connectivity index is 2.41. The lowest BCUT2D eigenvalue weighted by atomic mass is 10.5. The van der Waals surface area contributed by atoms with E-state index >= 15 is 0 Å². The van der Waals surface area contributed by atoms with Crippen LogP contribution in [0.2, 0.25) is 0 Å². The normalized spacial score (nSPS) is 10.8. The van der Waals surface area contributed by atoms with Gasteiger partial charge in [0.2, 0.25) is 5.13 Å². The molecule has 0 aliphatic heterocycles. The Bertz CT molecular complexity index is 363. The second-order valence-electron chi connectivity index (χ2n) is 2.80. The molecule has 0 amide bonds. The van der Waals surface area contributed by atoms with Gasteiger partial charge in [-0.2, -0.15) is 0 Å². The summed E-state index contributed by atoms with van der Waals surface area (Å²) in [6, 6.07) is 0. The third kappa shape index (κ3) is 4.30. The maximum Gasteiger partial charge on any atom is 0.328 e. The van der Waals surface area contributed by atoms with Crippen molar-refractivity contribution in [2.45, 2.75) is 4.34 Å². The number of carbonyl (C=O) groups is 1. The molecule has 0 saturated heterocycles. The molecule has 5 nitrogen and oxygen atoms in total. The first kappa shape index (κ1) is 12.0. The van der Waals surface area contributed by atoms with Crippen LogP contribution >= 0.6 is 23.1 Å². The van der Waals surface area contributed by atoms with Gasteiger partial charge in [0.1, 0.15) is 0 Å². The highest BCUT2D eigenvalue weighted by Gasteiger charge is 2.04. The molecule has 0 bridgehead atoms. The molecule has 15 heavy (non-hydrogen) atoms. The molecule has 0 aliphatic carbocycles.